The Morgan fingerprint density at radius 2 is 2.00 bits per heavy atom. The molecule has 0 heterocycles. The van der Waals surface area contributed by atoms with Crippen molar-refractivity contribution in [1.29, 1.82) is 0 Å². The number of hydrogen-bond donors (Lipinski definition) is 3. The van der Waals surface area contributed by atoms with Crippen LogP contribution < -0.4 is 10.5 Å². The lowest BCUT2D eigenvalue weighted by Crippen LogP contribution is -2.39. The van der Waals surface area contributed by atoms with Crippen LogP contribution in [0.4, 0.5) is 18.9 Å². The van der Waals surface area contributed by atoms with Gasteiger partial charge in [0.15, 0.2) is 0 Å². The summed E-state index contributed by atoms with van der Waals surface area (Å²) < 4.78 is 63.5. The lowest BCUT2D eigenvalue weighted by Gasteiger charge is -2.15. The fourth-order valence-electron chi connectivity index (χ4n) is 1.11. The Hall–Kier alpha value is -0.840. The molecule has 0 bridgehead atoms. The number of hydrogen-bond acceptors (Lipinski definition) is 4. The molecule has 1 aromatic rings. The highest BCUT2D eigenvalue weighted by Crippen LogP contribution is 2.26. The first-order valence-corrected chi connectivity index (χ1v) is 7.09. The predicted octanol–water partition coefficient (Wildman–Crippen LogP) is 1.08. The molecule has 0 saturated heterocycles. The molecule has 108 valence electrons. The van der Waals surface area contributed by atoms with Gasteiger partial charge >= 0.3 is 0 Å². The fourth-order valence-corrected chi connectivity index (χ4v) is 2.80. The zero-order valence-electron chi connectivity index (χ0n) is 9.33. The quantitative estimate of drug-likeness (QED) is 0.683. The first-order valence-electron chi connectivity index (χ1n) is 4.82. The van der Waals surface area contributed by atoms with Crippen molar-refractivity contribution in [2.75, 3.05) is 18.9 Å². The van der Waals surface area contributed by atoms with Gasteiger partial charge in [-0.15, -0.1) is 0 Å². The van der Waals surface area contributed by atoms with Crippen molar-refractivity contribution in [3.63, 3.8) is 0 Å². The van der Waals surface area contributed by atoms with E-state index in [4.69, 9.17) is 10.8 Å². The average molecular weight is 363 g/mol. The van der Waals surface area contributed by atoms with Crippen LogP contribution in [0.2, 0.25) is 0 Å². The van der Waals surface area contributed by atoms with Crippen molar-refractivity contribution in [2.45, 2.75) is 10.8 Å². The van der Waals surface area contributed by atoms with Crippen LogP contribution in [-0.2, 0) is 10.0 Å². The number of anilines is 1. The normalized spacial score (nSPS) is 12.7. The molecule has 0 aliphatic carbocycles. The summed E-state index contributed by atoms with van der Waals surface area (Å²) in [5.74, 6) is -4.38. The van der Waals surface area contributed by atoms with Gasteiger partial charge in [0.05, 0.1) is 16.7 Å². The van der Waals surface area contributed by atoms with Gasteiger partial charge in [-0.2, -0.15) is 0 Å². The standard InChI is InChI=1S/C9H10BrF3N2O3S/c10-5-1-8(7(14)2-6(5)11)19(17,18)15-3-9(12,13)4-16/h1-2,15-16H,3-4,14H2. The molecule has 0 saturated carbocycles. The highest BCUT2D eigenvalue weighted by atomic mass is 79.9. The Kier molecular flexibility index (Phi) is 4.82. The van der Waals surface area contributed by atoms with Crippen molar-refractivity contribution in [1.82, 2.24) is 4.72 Å². The van der Waals surface area contributed by atoms with Crippen molar-refractivity contribution in [2.24, 2.45) is 0 Å². The maximum absolute atomic E-state index is 13.1. The Morgan fingerprint density at radius 1 is 1.42 bits per heavy atom. The molecule has 0 amide bonds. The van der Waals surface area contributed by atoms with Crippen molar-refractivity contribution < 1.29 is 26.7 Å². The number of nitrogen functional groups attached to an aromatic ring is 1. The summed E-state index contributed by atoms with van der Waals surface area (Å²) in [6.45, 7) is -2.79. The molecule has 0 unspecified atom stereocenters. The van der Waals surface area contributed by atoms with E-state index in [1.165, 1.54) is 0 Å². The highest BCUT2D eigenvalue weighted by molar-refractivity contribution is 9.10. The average Bonchev–Trinajstić information content (AvgIpc) is 2.31. The second kappa shape index (κ2) is 5.65. The lowest BCUT2D eigenvalue weighted by molar-refractivity contribution is -0.0437. The van der Waals surface area contributed by atoms with Crippen LogP contribution in [0.15, 0.2) is 21.5 Å². The summed E-state index contributed by atoms with van der Waals surface area (Å²) in [4.78, 5) is -0.533. The van der Waals surface area contributed by atoms with Crippen molar-refractivity contribution in [3.8, 4) is 0 Å². The van der Waals surface area contributed by atoms with Gasteiger partial charge in [-0.05, 0) is 28.1 Å². The molecule has 0 atom stereocenters. The van der Waals surface area contributed by atoms with E-state index in [2.05, 4.69) is 15.9 Å². The van der Waals surface area contributed by atoms with Gasteiger partial charge in [0.25, 0.3) is 5.92 Å². The molecule has 4 N–H and O–H groups in total. The molecular weight excluding hydrogens is 353 g/mol. The van der Waals surface area contributed by atoms with Gasteiger partial charge in [-0.3, -0.25) is 0 Å². The minimum absolute atomic E-state index is 0.170. The van der Waals surface area contributed by atoms with E-state index >= 15 is 0 Å². The molecule has 10 heteroatoms. The third-order valence-electron chi connectivity index (χ3n) is 2.09. The molecule has 0 spiro atoms. The van der Waals surface area contributed by atoms with E-state index in [-0.39, 0.29) is 4.47 Å². The number of sulfonamides is 1. The molecule has 19 heavy (non-hydrogen) atoms. The van der Waals surface area contributed by atoms with Gasteiger partial charge in [-0.25, -0.2) is 26.3 Å². The Labute approximate surface area is 115 Å². The smallest absolute Gasteiger partial charge is 0.283 e. The molecule has 0 aromatic heterocycles. The van der Waals surface area contributed by atoms with E-state index in [9.17, 15) is 21.6 Å². The summed E-state index contributed by atoms with van der Waals surface area (Å²) in [6.07, 6.45) is 0. The van der Waals surface area contributed by atoms with Crippen LogP contribution in [0.3, 0.4) is 0 Å². The van der Waals surface area contributed by atoms with Crippen LogP contribution in [0.25, 0.3) is 0 Å². The fraction of sp³-hybridized carbons (Fsp3) is 0.333. The van der Waals surface area contributed by atoms with Crippen molar-refractivity contribution >= 4 is 31.6 Å². The summed E-state index contributed by atoms with van der Waals surface area (Å²) >= 11 is 2.77. The van der Waals surface area contributed by atoms with E-state index in [1.807, 2.05) is 0 Å². The Morgan fingerprint density at radius 3 is 2.53 bits per heavy atom. The first-order chi connectivity index (χ1) is 8.59. The molecule has 0 aliphatic rings. The predicted molar refractivity (Wildman–Crippen MR) is 65.7 cm³/mol. The summed E-state index contributed by atoms with van der Waals surface area (Å²) in [7, 11) is -4.34. The molecule has 1 rings (SSSR count). The van der Waals surface area contributed by atoms with Crippen molar-refractivity contribution in [3.05, 3.63) is 22.4 Å². The third kappa shape index (κ3) is 4.06. The maximum atomic E-state index is 13.1. The molecule has 0 radical (unpaired) electrons. The number of alkyl halides is 2. The Bertz CT molecular complexity index is 580. The second-order valence-corrected chi connectivity index (χ2v) is 6.23. The zero-order chi connectivity index (χ0) is 14.8. The van der Waals surface area contributed by atoms with Gasteiger partial charge in [0.1, 0.15) is 17.3 Å². The van der Waals surface area contributed by atoms with Crippen LogP contribution in [0.5, 0.6) is 0 Å². The number of halogens is 4. The Balaban J connectivity index is 3.05. The van der Waals surface area contributed by atoms with Crippen LogP contribution in [-0.4, -0.2) is 32.6 Å². The third-order valence-corrected chi connectivity index (χ3v) is 4.16. The van der Waals surface area contributed by atoms with E-state index in [1.54, 1.807) is 4.72 Å². The number of benzene rings is 1. The van der Waals surface area contributed by atoms with Crippen LogP contribution in [0.1, 0.15) is 0 Å². The summed E-state index contributed by atoms with van der Waals surface area (Å²) in [5, 5.41) is 8.33. The molecular formula is C9H10BrF3N2O3S. The summed E-state index contributed by atoms with van der Waals surface area (Å²) in [6, 6.07) is 1.62. The maximum Gasteiger partial charge on any atom is 0.283 e. The molecule has 0 aliphatic heterocycles. The van der Waals surface area contributed by atoms with Gasteiger partial charge in [0.2, 0.25) is 10.0 Å². The van der Waals surface area contributed by atoms with E-state index in [0.29, 0.717) is 0 Å². The lowest BCUT2D eigenvalue weighted by atomic mass is 10.3. The SMILES string of the molecule is Nc1cc(F)c(Br)cc1S(=O)(=O)NCC(F)(F)CO. The molecule has 5 nitrogen and oxygen atoms in total. The van der Waals surface area contributed by atoms with Crippen LogP contribution in [0, 0.1) is 5.82 Å². The number of aliphatic hydroxyl groups is 1. The minimum Gasteiger partial charge on any atom is -0.398 e. The first kappa shape index (κ1) is 16.2. The number of nitrogens with one attached hydrogen (secondary N) is 1. The van der Waals surface area contributed by atoms with E-state index < -0.39 is 45.5 Å². The number of rotatable bonds is 5. The monoisotopic (exact) mass is 362 g/mol. The number of aliphatic hydroxyl groups excluding tert-OH is 1. The number of nitrogens with two attached hydrogens (primary N) is 1. The summed E-state index contributed by atoms with van der Waals surface area (Å²) in [5.41, 5.74) is 4.92. The van der Waals surface area contributed by atoms with Crippen LogP contribution >= 0.6 is 15.9 Å². The van der Waals surface area contributed by atoms with Gasteiger partial charge in [-0.1, -0.05) is 0 Å². The van der Waals surface area contributed by atoms with Gasteiger partial charge < -0.3 is 10.8 Å². The largest absolute Gasteiger partial charge is 0.398 e. The molecule has 0 fully saturated rings. The van der Waals surface area contributed by atoms with E-state index in [0.717, 1.165) is 12.1 Å². The highest BCUT2D eigenvalue weighted by Gasteiger charge is 2.31. The second-order valence-electron chi connectivity index (χ2n) is 3.64. The topological polar surface area (TPSA) is 92.4 Å². The molecule has 1 aromatic carbocycles. The van der Waals surface area contributed by atoms with Gasteiger partial charge in [0, 0.05) is 0 Å². The zero-order valence-corrected chi connectivity index (χ0v) is 11.7. The minimum atomic E-state index is -4.34.